The topological polar surface area (TPSA) is 52.1 Å². The number of carbonyl (C=O) groups excluding carboxylic acids is 1. The van der Waals surface area contributed by atoms with Gasteiger partial charge < -0.3 is 4.74 Å². The lowest BCUT2D eigenvalue weighted by atomic mass is 9.80. The van der Waals surface area contributed by atoms with Crippen LogP contribution in [0.4, 0.5) is 0 Å². The monoisotopic (exact) mass is 492 g/mol. The minimum Gasteiger partial charge on any atom is -0.426 e. The van der Waals surface area contributed by atoms with Crippen molar-refractivity contribution >= 4 is 5.97 Å². The summed E-state index contributed by atoms with van der Waals surface area (Å²) >= 11 is 0. The first kappa shape index (κ1) is 28.3. The molecule has 198 valence electrons. The molecule has 4 heteroatoms. The number of esters is 1. The van der Waals surface area contributed by atoms with E-state index in [0.717, 1.165) is 43.6 Å². The van der Waals surface area contributed by atoms with E-state index in [-0.39, 0.29) is 11.9 Å². The van der Waals surface area contributed by atoms with Crippen molar-refractivity contribution in [1.82, 2.24) is 9.97 Å². The second-order valence-corrected chi connectivity index (χ2v) is 10.8. The highest BCUT2D eigenvalue weighted by Gasteiger charge is 2.28. The van der Waals surface area contributed by atoms with Crippen molar-refractivity contribution in [1.29, 1.82) is 0 Å². The molecule has 0 saturated heterocycles. The molecule has 1 fully saturated rings. The van der Waals surface area contributed by atoms with Gasteiger partial charge in [-0.15, -0.1) is 0 Å². The first-order chi connectivity index (χ1) is 17.7. The third-order valence-electron chi connectivity index (χ3n) is 7.76. The number of rotatable bonds is 16. The Hall–Kier alpha value is -2.23. The maximum absolute atomic E-state index is 13.0. The van der Waals surface area contributed by atoms with E-state index in [0.29, 0.717) is 11.6 Å². The average Bonchev–Trinajstić information content (AvgIpc) is 2.91. The van der Waals surface area contributed by atoms with Gasteiger partial charge in [-0.2, -0.15) is 0 Å². The lowest BCUT2D eigenvalue weighted by Gasteiger charge is -2.27. The fourth-order valence-electron chi connectivity index (χ4n) is 5.39. The molecule has 1 aliphatic carbocycles. The van der Waals surface area contributed by atoms with Crippen molar-refractivity contribution < 1.29 is 9.53 Å². The van der Waals surface area contributed by atoms with Gasteiger partial charge in [0.1, 0.15) is 5.75 Å². The third kappa shape index (κ3) is 9.67. The number of hydrogen-bond acceptors (Lipinski definition) is 4. The summed E-state index contributed by atoms with van der Waals surface area (Å²) in [5.74, 6) is 1.89. The Morgan fingerprint density at radius 3 is 2.11 bits per heavy atom. The van der Waals surface area contributed by atoms with Crippen LogP contribution in [-0.2, 0) is 11.2 Å². The van der Waals surface area contributed by atoms with Crippen LogP contribution in [0.1, 0.15) is 122 Å². The molecule has 2 aromatic rings. The number of hydrogen-bond donors (Lipinski definition) is 0. The van der Waals surface area contributed by atoms with E-state index in [1.807, 2.05) is 36.7 Å². The van der Waals surface area contributed by atoms with Crippen LogP contribution >= 0.6 is 0 Å². The molecule has 0 radical (unpaired) electrons. The van der Waals surface area contributed by atoms with Gasteiger partial charge in [-0.25, -0.2) is 9.97 Å². The predicted molar refractivity (Wildman–Crippen MR) is 149 cm³/mol. The Morgan fingerprint density at radius 1 is 0.806 bits per heavy atom. The predicted octanol–water partition coefficient (Wildman–Crippen LogP) is 9.12. The molecule has 1 saturated carbocycles. The summed E-state index contributed by atoms with van der Waals surface area (Å²) in [6.45, 7) is 4.52. The normalized spacial score (nSPS) is 17.7. The summed E-state index contributed by atoms with van der Waals surface area (Å²) in [5, 5.41) is 0. The molecule has 0 bridgehead atoms. The highest BCUT2D eigenvalue weighted by molar-refractivity contribution is 5.78. The summed E-state index contributed by atoms with van der Waals surface area (Å²) in [5.41, 5.74) is 1.97. The van der Waals surface area contributed by atoms with Gasteiger partial charge in [0.05, 0.1) is 11.5 Å². The van der Waals surface area contributed by atoms with Crippen LogP contribution in [0.15, 0.2) is 36.7 Å². The van der Waals surface area contributed by atoms with E-state index >= 15 is 0 Å². The van der Waals surface area contributed by atoms with Crippen LogP contribution in [0.2, 0.25) is 0 Å². The first-order valence-electron chi connectivity index (χ1n) is 14.8. The first-order valence-corrected chi connectivity index (χ1v) is 14.8. The van der Waals surface area contributed by atoms with Crippen LogP contribution < -0.4 is 4.74 Å². The van der Waals surface area contributed by atoms with Crippen molar-refractivity contribution in [2.45, 2.75) is 123 Å². The van der Waals surface area contributed by atoms with E-state index in [4.69, 9.17) is 4.74 Å². The maximum atomic E-state index is 13.0. The third-order valence-corrected chi connectivity index (χ3v) is 7.76. The van der Waals surface area contributed by atoms with E-state index in [1.54, 1.807) is 0 Å². The van der Waals surface area contributed by atoms with E-state index in [9.17, 15) is 4.79 Å². The lowest BCUT2D eigenvalue weighted by molar-refractivity contribution is -0.140. The molecule has 0 spiro atoms. The summed E-state index contributed by atoms with van der Waals surface area (Å²) in [4.78, 5) is 22.2. The Kier molecular flexibility index (Phi) is 13.0. The summed E-state index contributed by atoms with van der Waals surface area (Å²) in [6, 6.07) is 7.67. The molecule has 36 heavy (non-hydrogen) atoms. The number of benzene rings is 1. The van der Waals surface area contributed by atoms with Crippen molar-refractivity contribution in [3.8, 4) is 17.1 Å². The summed E-state index contributed by atoms with van der Waals surface area (Å²) < 4.78 is 5.91. The van der Waals surface area contributed by atoms with Gasteiger partial charge >= 0.3 is 5.97 Å². The highest BCUT2D eigenvalue weighted by atomic mass is 16.5. The largest absolute Gasteiger partial charge is 0.426 e. The second-order valence-electron chi connectivity index (χ2n) is 10.8. The van der Waals surface area contributed by atoms with Crippen LogP contribution in [0.25, 0.3) is 11.4 Å². The molecule has 0 unspecified atom stereocenters. The zero-order valence-corrected chi connectivity index (χ0v) is 22.9. The number of ether oxygens (including phenoxy) is 1. The minimum absolute atomic E-state index is 0.00965. The number of nitrogens with zero attached hydrogens (tertiary/aromatic N) is 2. The van der Waals surface area contributed by atoms with Gasteiger partial charge in [0.15, 0.2) is 5.82 Å². The van der Waals surface area contributed by atoms with Crippen LogP contribution in [0, 0.1) is 11.8 Å². The second kappa shape index (κ2) is 16.5. The summed E-state index contributed by atoms with van der Waals surface area (Å²) in [7, 11) is 0. The Balaban J connectivity index is 1.46. The Labute approximate surface area is 219 Å². The Bertz CT molecular complexity index is 872. The molecule has 1 heterocycles. The van der Waals surface area contributed by atoms with Gasteiger partial charge in [0.2, 0.25) is 0 Å². The maximum Gasteiger partial charge on any atom is 0.314 e. The van der Waals surface area contributed by atoms with Crippen LogP contribution in [0.3, 0.4) is 0 Å². The van der Waals surface area contributed by atoms with E-state index in [2.05, 4.69) is 23.8 Å². The summed E-state index contributed by atoms with van der Waals surface area (Å²) in [6.07, 6.45) is 24.9. The zero-order chi connectivity index (χ0) is 25.4. The SMILES string of the molecule is CCCCCCCCCCc1cnc(-c2ccccc2OC(=O)C2CCC(CCCCC)CC2)nc1. The molecule has 4 nitrogen and oxygen atoms in total. The molecule has 0 N–H and O–H groups in total. The lowest BCUT2D eigenvalue weighted by Crippen LogP contribution is -2.26. The molecule has 0 amide bonds. The molecular weight excluding hydrogens is 444 g/mol. The quantitative estimate of drug-likeness (QED) is 0.133. The number of aryl methyl sites for hydroxylation is 1. The standard InChI is InChI=1S/C32H48N2O2/c1-3-5-7-8-9-10-11-13-17-27-24-33-31(34-25-27)29-18-14-15-19-30(29)36-32(35)28-22-20-26(21-23-28)16-12-6-4-2/h14-15,18-19,24-26,28H,3-13,16-17,20-23H2,1-2H3. The van der Waals surface area contributed by atoms with Crippen molar-refractivity contribution in [2.75, 3.05) is 0 Å². The number of carbonyl (C=O) groups is 1. The molecule has 1 aromatic carbocycles. The van der Waals surface area contributed by atoms with Gasteiger partial charge in [-0.1, -0.05) is 96.6 Å². The smallest absolute Gasteiger partial charge is 0.314 e. The molecule has 0 atom stereocenters. The Morgan fingerprint density at radius 2 is 1.42 bits per heavy atom. The molecule has 0 aliphatic heterocycles. The minimum atomic E-state index is -0.0965. The molecule has 1 aromatic heterocycles. The fourth-order valence-corrected chi connectivity index (χ4v) is 5.39. The van der Waals surface area contributed by atoms with Gasteiger partial charge in [-0.05, 0) is 62.1 Å². The van der Waals surface area contributed by atoms with Crippen LogP contribution in [-0.4, -0.2) is 15.9 Å². The van der Waals surface area contributed by atoms with Crippen LogP contribution in [0.5, 0.6) is 5.75 Å². The number of unbranched alkanes of at least 4 members (excludes halogenated alkanes) is 9. The van der Waals surface area contributed by atoms with Gasteiger partial charge in [0.25, 0.3) is 0 Å². The number of aromatic nitrogens is 2. The van der Waals surface area contributed by atoms with Crippen molar-refractivity contribution in [2.24, 2.45) is 11.8 Å². The zero-order valence-electron chi connectivity index (χ0n) is 22.9. The highest BCUT2D eigenvalue weighted by Crippen LogP contribution is 2.34. The van der Waals surface area contributed by atoms with Crippen molar-refractivity contribution in [3.63, 3.8) is 0 Å². The number of para-hydroxylation sites is 1. The molecule has 1 aliphatic rings. The average molecular weight is 493 g/mol. The fraction of sp³-hybridized carbons (Fsp3) is 0.656. The molecule has 3 rings (SSSR count). The van der Waals surface area contributed by atoms with Gasteiger partial charge in [-0.3, -0.25) is 4.79 Å². The van der Waals surface area contributed by atoms with Crippen molar-refractivity contribution in [3.05, 3.63) is 42.2 Å². The molecular formula is C32H48N2O2. The van der Waals surface area contributed by atoms with E-state index in [1.165, 1.54) is 82.6 Å². The van der Waals surface area contributed by atoms with E-state index < -0.39 is 0 Å². The van der Waals surface area contributed by atoms with Gasteiger partial charge in [0, 0.05) is 12.4 Å².